The molecule has 1 unspecified atom stereocenters. The first kappa shape index (κ1) is 15.5. The van der Waals surface area contributed by atoms with Crippen LogP contribution >= 0.6 is 0 Å². The van der Waals surface area contributed by atoms with E-state index in [2.05, 4.69) is 29.3 Å². The first-order valence-corrected chi connectivity index (χ1v) is 8.77. The summed E-state index contributed by atoms with van der Waals surface area (Å²) in [4.78, 5) is 15.3. The van der Waals surface area contributed by atoms with Crippen LogP contribution in [0.1, 0.15) is 44.6 Å². The molecule has 1 aromatic rings. The molecular formula is C19H28N2O. The van der Waals surface area contributed by atoms with E-state index in [1.54, 1.807) is 0 Å². The molecule has 1 N–H and O–H groups in total. The highest BCUT2D eigenvalue weighted by molar-refractivity contribution is 5.89. The van der Waals surface area contributed by atoms with Gasteiger partial charge >= 0.3 is 0 Å². The molecular weight excluding hydrogens is 272 g/mol. The Labute approximate surface area is 134 Å². The van der Waals surface area contributed by atoms with Crippen molar-refractivity contribution in [2.45, 2.75) is 44.4 Å². The molecule has 1 aliphatic carbocycles. The van der Waals surface area contributed by atoms with Gasteiger partial charge in [0, 0.05) is 13.1 Å². The third-order valence-electron chi connectivity index (χ3n) is 5.35. The Morgan fingerprint density at radius 1 is 1.18 bits per heavy atom. The van der Waals surface area contributed by atoms with Crippen LogP contribution in [-0.4, -0.2) is 37.0 Å². The predicted octanol–water partition coefficient (Wildman–Crippen LogP) is 2.96. The van der Waals surface area contributed by atoms with Crippen LogP contribution in [0.25, 0.3) is 0 Å². The maximum Gasteiger partial charge on any atom is 0.230 e. The number of benzene rings is 1. The van der Waals surface area contributed by atoms with Gasteiger partial charge in [-0.2, -0.15) is 0 Å². The highest BCUT2D eigenvalue weighted by Gasteiger charge is 2.45. The maximum atomic E-state index is 12.8. The molecule has 1 aromatic carbocycles. The fraction of sp³-hybridized carbons (Fsp3) is 0.632. The molecule has 2 aliphatic rings. The Kier molecular flexibility index (Phi) is 4.82. The standard InChI is InChI=1S/C19H28N2O/c1-16(15-21-12-5-6-13-21)14-20-18(22)19(10-7-11-19)17-8-3-2-4-9-17/h2-4,8-9,16H,5-7,10-15H2,1H3,(H,20,22). The van der Waals surface area contributed by atoms with Crippen LogP contribution in [-0.2, 0) is 10.2 Å². The van der Waals surface area contributed by atoms with E-state index in [-0.39, 0.29) is 11.3 Å². The van der Waals surface area contributed by atoms with Crippen LogP contribution in [0.4, 0.5) is 0 Å². The third-order valence-corrected chi connectivity index (χ3v) is 5.35. The van der Waals surface area contributed by atoms with Crippen molar-refractivity contribution in [1.29, 1.82) is 0 Å². The third kappa shape index (κ3) is 3.19. The van der Waals surface area contributed by atoms with E-state index in [1.165, 1.54) is 31.5 Å². The summed E-state index contributed by atoms with van der Waals surface area (Å²) in [5, 5.41) is 3.23. The lowest BCUT2D eigenvalue weighted by Gasteiger charge is -2.41. The summed E-state index contributed by atoms with van der Waals surface area (Å²) in [6.45, 7) is 6.61. The van der Waals surface area contributed by atoms with E-state index in [4.69, 9.17) is 0 Å². The van der Waals surface area contributed by atoms with E-state index in [0.717, 1.165) is 32.4 Å². The SMILES string of the molecule is CC(CNC(=O)C1(c2ccccc2)CCC1)CN1CCCC1. The molecule has 1 saturated heterocycles. The van der Waals surface area contributed by atoms with Crippen molar-refractivity contribution in [3.05, 3.63) is 35.9 Å². The molecule has 0 aromatic heterocycles. The number of hydrogen-bond donors (Lipinski definition) is 1. The number of carbonyl (C=O) groups excluding carboxylic acids is 1. The highest BCUT2D eigenvalue weighted by atomic mass is 16.2. The van der Waals surface area contributed by atoms with Crippen LogP contribution in [0.15, 0.2) is 30.3 Å². The second kappa shape index (κ2) is 6.82. The molecule has 1 saturated carbocycles. The van der Waals surface area contributed by atoms with Crippen molar-refractivity contribution in [2.75, 3.05) is 26.2 Å². The molecule has 3 heteroatoms. The molecule has 3 nitrogen and oxygen atoms in total. The van der Waals surface area contributed by atoms with Gasteiger partial charge in [0.25, 0.3) is 0 Å². The lowest BCUT2D eigenvalue weighted by atomic mass is 9.64. The smallest absolute Gasteiger partial charge is 0.230 e. The van der Waals surface area contributed by atoms with Crippen LogP contribution in [0.3, 0.4) is 0 Å². The molecule has 1 heterocycles. The second-order valence-corrected chi connectivity index (χ2v) is 7.12. The van der Waals surface area contributed by atoms with E-state index in [9.17, 15) is 4.79 Å². The Morgan fingerprint density at radius 2 is 1.86 bits per heavy atom. The van der Waals surface area contributed by atoms with E-state index >= 15 is 0 Å². The molecule has 3 rings (SSSR count). The number of likely N-dealkylation sites (tertiary alicyclic amines) is 1. The highest BCUT2D eigenvalue weighted by Crippen LogP contribution is 2.43. The van der Waals surface area contributed by atoms with Crippen LogP contribution in [0.2, 0.25) is 0 Å². The molecule has 2 fully saturated rings. The van der Waals surface area contributed by atoms with Gasteiger partial charge in [0.05, 0.1) is 5.41 Å². The summed E-state index contributed by atoms with van der Waals surface area (Å²) in [6.07, 6.45) is 5.80. The van der Waals surface area contributed by atoms with Crippen molar-refractivity contribution in [3.63, 3.8) is 0 Å². The fourth-order valence-corrected chi connectivity index (χ4v) is 3.84. The number of hydrogen-bond acceptors (Lipinski definition) is 2. The first-order chi connectivity index (χ1) is 10.7. The number of rotatable bonds is 6. The normalized spacial score (nSPS) is 22.0. The van der Waals surface area contributed by atoms with Crippen molar-refractivity contribution >= 4 is 5.91 Å². The Morgan fingerprint density at radius 3 is 2.45 bits per heavy atom. The van der Waals surface area contributed by atoms with E-state index < -0.39 is 0 Å². The number of carbonyl (C=O) groups is 1. The predicted molar refractivity (Wildman–Crippen MR) is 89.8 cm³/mol. The first-order valence-electron chi connectivity index (χ1n) is 8.77. The minimum Gasteiger partial charge on any atom is -0.355 e. The van der Waals surface area contributed by atoms with Gasteiger partial charge in [-0.1, -0.05) is 43.7 Å². The van der Waals surface area contributed by atoms with Crippen LogP contribution in [0, 0.1) is 5.92 Å². The van der Waals surface area contributed by atoms with Crippen molar-refractivity contribution in [1.82, 2.24) is 10.2 Å². The quantitative estimate of drug-likeness (QED) is 0.876. The van der Waals surface area contributed by atoms with Crippen molar-refractivity contribution in [3.8, 4) is 0 Å². The van der Waals surface area contributed by atoms with E-state index in [1.807, 2.05) is 18.2 Å². The van der Waals surface area contributed by atoms with Crippen molar-refractivity contribution in [2.24, 2.45) is 5.92 Å². The average Bonchev–Trinajstić information content (AvgIpc) is 2.98. The minimum atomic E-state index is -0.255. The minimum absolute atomic E-state index is 0.234. The summed E-state index contributed by atoms with van der Waals surface area (Å²) >= 11 is 0. The zero-order chi connectivity index (χ0) is 15.4. The van der Waals surface area contributed by atoms with Gasteiger partial charge in [0.15, 0.2) is 0 Å². The molecule has 1 amide bonds. The largest absolute Gasteiger partial charge is 0.355 e. The Bertz CT molecular complexity index is 489. The van der Waals surface area contributed by atoms with Gasteiger partial charge in [-0.05, 0) is 50.3 Å². The summed E-state index contributed by atoms with van der Waals surface area (Å²) in [5.41, 5.74) is 0.931. The lowest BCUT2D eigenvalue weighted by molar-refractivity contribution is -0.130. The van der Waals surface area contributed by atoms with Gasteiger partial charge in [0.2, 0.25) is 5.91 Å². The lowest BCUT2D eigenvalue weighted by Crippen LogP contribution is -2.50. The molecule has 0 spiro atoms. The Hall–Kier alpha value is -1.35. The van der Waals surface area contributed by atoms with Gasteiger partial charge in [-0.25, -0.2) is 0 Å². The second-order valence-electron chi connectivity index (χ2n) is 7.12. The summed E-state index contributed by atoms with van der Waals surface area (Å²) in [6, 6.07) is 10.3. The molecule has 0 bridgehead atoms. The average molecular weight is 300 g/mol. The maximum absolute atomic E-state index is 12.8. The summed E-state index contributed by atoms with van der Waals surface area (Å²) in [7, 11) is 0. The molecule has 120 valence electrons. The van der Waals surface area contributed by atoms with Gasteiger partial charge in [-0.15, -0.1) is 0 Å². The summed E-state index contributed by atoms with van der Waals surface area (Å²) < 4.78 is 0. The zero-order valence-electron chi connectivity index (χ0n) is 13.7. The fourth-order valence-electron chi connectivity index (χ4n) is 3.84. The molecule has 22 heavy (non-hydrogen) atoms. The molecule has 1 aliphatic heterocycles. The monoisotopic (exact) mass is 300 g/mol. The van der Waals surface area contributed by atoms with Gasteiger partial charge < -0.3 is 10.2 Å². The number of amides is 1. The van der Waals surface area contributed by atoms with Crippen molar-refractivity contribution < 1.29 is 4.79 Å². The molecule has 0 radical (unpaired) electrons. The Balaban J connectivity index is 1.54. The van der Waals surface area contributed by atoms with Gasteiger partial charge in [0.1, 0.15) is 0 Å². The molecule has 1 atom stereocenters. The summed E-state index contributed by atoms with van der Waals surface area (Å²) in [5.74, 6) is 0.758. The number of nitrogens with one attached hydrogen (secondary N) is 1. The zero-order valence-corrected chi connectivity index (χ0v) is 13.7. The topological polar surface area (TPSA) is 32.3 Å². The van der Waals surface area contributed by atoms with Gasteiger partial charge in [-0.3, -0.25) is 4.79 Å². The van der Waals surface area contributed by atoms with E-state index in [0.29, 0.717) is 5.92 Å². The van der Waals surface area contributed by atoms with Crippen LogP contribution < -0.4 is 5.32 Å². The van der Waals surface area contributed by atoms with Crippen LogP contribution in [0.5, 0.6) is 0 Å². The number of nitrogens with zero attached hydrogens (tertiary/aromatic N) is 1.